The molecule has 2 rings (SSSR count). The van der Waals surface area contributed by atoms with Crippen LogP contribution in [0, 0.1) is 17.3 Å². The van der Waals surface area contributed by atoms with Crippen molar-refractivity contribution >= 4 is 12.0 Å². The quantitative estimate of drug-likeness (QED) is 0.695. The van der Waals surface area contributed by atoms with Gasteiger partial charge < -0.3 is 14.5 Å². The average molecular weight is 367 g/mol. The van der Waals surface area contributed by atoms with Gasteiger partial charge >= 0.3 is 6.09 Å². The first-order chi connectivity index (χ1) is 12.0. The van der Waals surface area contributed by atoms with E-state index in [1.807, 2.05) is 25.7 Å². The zero-order chi connectivity index (χ0) is 19.5. The number of hydrogen-bond acceptors (Lipinski definition) is 3. The predicted octanol–water partition coefficient (Wildman–Crippen LogP) is 4.31. The minimum atomic E-state index is -0.482. The molecule has 1 heterocycles. The maximum absolute atomic E-state index is 13.0. The van der Waals surface area contributed by atoms with E-state index in [1.165, 1.54) is 0 Å². The third-order valence-electron chi connectivity index (χ3n) is 5.76. The minimum Gasteiger partial charge on any atom is -0.444 e. The topological polar surface area (TPSA) is 49.9 Å². The molecule has 0 bridgehead atoms. The maximum Gasteiger partial charge on any atom is 0.410 e. The van der Waals surface area contributed by atoms with Crippen LogP contribution in [0.25, 0.3) is 0 Å². The summed E-state index contributed by atoms with van der Waals surface area (Å²) in [6.07, 6.45) is 4.87. The van der Waals surface area contributed by atoms with E-state index in [0.29, 0.717) is 31.0 Å². The Morgan fingerprint density at radius 2 is 1.35 bits per heavy atom. The summed E-state index contributed by atoms with van der Waals surface area (Å²) in [5.74, 6) is 1.18. The molecule has 0 aromatic heterocycles. The van der Waals surface area contributed by atoms with Crippen molar-refractivity contribution in [2.45, 2.75) is 79.2 Å². The standard InChI is InChI=1S/C21H38N2O3/c1-20(2,3)17-10-8-16(9-11-17)18(24)22-12-7-13-23(15-14-22)19(25)26-21(4,5)6/h16-17H,7-15H2,1-6H3. The van der Waals surface area contributed by atoms with Crippen LogP contribution in [0.4, 0.5) is 4.79 Å². The molecule has 0 aromatic rings. The van der Waals surface area contributed by atoms with E-state index >= 15 is 0 Å². The summed E-state index contributed by atoms with van der Waals surface area (Å²) < 4.78 is 5.47. The van der Waals surface area contributed by atoms with Gasteiger partial charge in [-0.3, -0.25) is 4.79 Å². The maximum atomic E-state index is 13.0. The lowest BCUT2D eigenvalue weighted by atomic mass is 9.69. The Kier molecular flexibility index (Phi) is 6.62. The molecule has 1 aliphatic carbocycles. The highest BCUT2D eigenvalue weighted by molar-refractivity contribution is 5.79. The van der Waals surface area contributed by atoms with E-state index in [2.05, 4.69) is 20.8 Å². The molecule has 2 aliphatic rings. The van der Waals surface area contributed by atoms with Crippen LogP contribution in [0.1, 0.15) is 73.6 Å². The van der Waals surface area contributed by atoms with Crippen LogP contribution >= 0.6 is 0 Å². The van der Waals surface area contributed by atoms with Crippen molar-refractivity contribution in [1.82, 2.24) is 9.80 Å². The lowest BCUT2D eigenvalue weighted by molar-refractivity contribution is -0.137. The lowest BCUT2D eigenvalue weighted by Crippen LogP contribution is -2.42. The molecule has 2 fully saturated rings. The van der Waals surface area contributed by atoms with Crippen molar-refractivity contribution in [3.05, 3.63) is 0 Å². The summed E-state index contributed by atoms with van der Waals surface area (Å²) >= 11 is 0. The van der Waals surface area contributed by atoms with E-state index in [-0.39, 0.29) is 12.0 Å². The molecule has 1 saturated carbocycles. The van der Waals surface area contributed by atoms with Crippen LogP contribution in [0.15, 0.2) is 0 Å². The zero-order valence-electron chi connectivity index (χ0n) is 17.6. The zero-order valence-corrected chi connectivity index (χ0v) is 17.6. The Hall–Kier alpha value is -1.26. The van der Waals surface area contributed by atoms with E-state index in [1.54, 1.807) is 4.90 Å². The average Bonchev–Trinajstić information content (AvgIpc) is 2.78. The van der Waals surface area contributed by atoms with Gasteiger partial charge in [0.05, 0.1) is 0 Å². The normalized spacial score (nSPS) is 25.6. The molecule has 0 radical (unpaired) electrons. The van der Waals surface area contributed by atoms with Gasteiger partial charge in [0.1, 0.15) is 5.60 Å². The molecular formula is C21H38N2O3. The largest absolute Gasteiger partial charge is 0.444 e. The fourth-order valence-electron chi connectivity index (χ4n) is 4.11. The number of amides is 2. The molecule has 5 nitrogen and oxygen atoms in total. The van der Waals surface area contributed by atoms with Gasteiger partial charge in [-0.2, -0.15) is 0 Å². The van der Waals surface area contributed by atoms with E-state index < -0.39 is 5.60 Å². The first-order valence-corrected chi connectivity index (χ1v) is 10.2. The molecular weight excluding hydrogens is 328 g/mol. The van der Waals surface area contributed by atoms with Gasteiger partial charge in [0.2, 0.25) is 5.91 Å². The van der Waals surface area contributed by atoms with E-state index in [9.17, 15) is 9.59 Å². The Balaban J connectivity index is 1.85. The third kappa shape index (κ3) is 5.88. The highest BCUT2D eigenvalue weighted by atomic mass is 16.6. The minimum absolute atomic E-state index is 0.168. The second-order valence-electron chi connectivity index (χ2n) is 10.1. The molecule has 2 amide bonds. The molecule has 0 spiro atoms. The number of rotatable bonds is 1. The fourth-order valence-corrected chi connectivity index (χ4v) is 4.11. The van der Waals surface area contributed by atoms with Crippen molar-refractivity contribution in [1.29, 1.82) is 0 Å². The Bertz CT molecular complexity index is 496. The molecule has 150 valence electrons. The van der Waals surface area contributed by atoms with Crippen molar-refractivity contribution in [2.75, 3.05) is 26.2 Å². The summed E-state index contributed by atoms with van der Waals surface area (Å²) in [5, 5.41) is 0. The molecule has 1 saturated heterocycles. The van der Waals surface area contributed by atoms with Gasteiger partial charge in [0, 0.05) is 32.1 Å². The number of nitrogens with zero attached hydrogens (tertiary/aromatic N) is 2. The van der Waals surface area contributed by atoms with Gasteiger partial charge in [0.25, 0.3) is 0 Å². The Morgan fingerprint density at radius 1 is 0.808 bits per heavy atom. The highest BCUT2D eigenvalue weighted by Gasteiger charge is 2.35. The monoisotopic (exact) mass is 366 g/mol. The SMILES string of the molecule is CC(C)(C)OC(=O)N1CCCN(C(=O)C2CCC(C(C)(C)C)CC2)CC1. The third-order valence-corrected chi connectivity index (χ3v) is 5.76. The molecule has 5 heteroatoms. The second-order valence-corrected chi connectivity index (χ2v) is 10.1. The van der Waals surface area contributed by atoms with Crippen molar-refractivity contribution < 1.29 is 14.3 Å². The van der Waals surface area contributed by atoms with Gasteiger partial charge in [0.15, 0.2) is 0 Å². The van der Waals surface area contributed by atoms with E-state index in [0.717, 1.165) is 44.6 Å². The number of hydrogen-bond donors (Lipinski definition) is 0. The first kappa shape index (κ1) is 21.0. The molecule has 26 heavy (non-hydrogen) atoms. The summed E-state index contributed by atoms with van der Waals surface area (Å²) in [7, 11) is 0. The summed E-state index contributed by atoms with van der Waals surface area (Å²) in [6, 6.07) is 0. The lowest BCUT2D eigenvalue weighted by Gasteiger charge is -2.37. The van der Waals surface area contributed by atoms with Crippen LogP contribution in [0.2, 0.25) is 0 Å². The van der Waals surface area contributed by atoms with Crippen LogP contribution in [0.3, 0.4) is 0 Å². The van der Waals surface area contributed by atoms with Crippen molar-refractivity contribution in [2.24, 2.45) is 17.3 Å². The summed E-state index contributed by atoms with van der Waals surface area (Å²) in [6.45, 7) is 15.2. The van der Waals surface area contributed by atoms with Crippen LogP contribution < -0.4 is 0 Å². The van der Waals surface area contributed by atoms with Gasteiger partial charge in [-0.05, 0) is 64.2 Å². The van der Waals surface area contributed by atoms with Crippen LogP contribution in [0.5, 0.6) is 0 Å². The Morgan fingerprint density at radius 3 is 1.88 bits per heavy atom. The molecule has 0 aromatic carbocycles. The molecule has 0 N–H and O–H groups in total. The highest BCUT2D eigenvalue weighted by Crippen LogP contribution is 2.40. The van der Waals surface area contributed by atoms with E-state index in [4.69, 9.17) is 4.74 Å². The summed E-state index contributed by atoms with van der Waals surface area (Å²) in [5.41, 5.74) is -0.144. The van der Waals surface area contributed by atoms with Gasteiger partial charge in [-0.15, -0.1) is 0 Å². The van der Waals surface area contributed by atoms with Gasteiger partial charge in [-0.1, -0.05) is 20.8 Å². The molecule has 0 atom stereocenters. The fraction of sp³-hybridized carbons (Fsp3) is 0.905. The van der Waals surface area contributed by atoms with Gasteiger partial charge in [-0.25, -0.2) is 4.79 Å². The smallest absolute Gasteiger partial charge is 0.410 e. The summed E-state index contributed by atoms with van der Waals surface area (Å²) in [4.78, 5) is 29.0. The number of ether oxygens (including phenoxy) is 1. The molecule has 1 aliphatic heterocycles. The Labute approximate surface area is 159 Å². The van der Waals surface area contributed by atoms with Crippen LogP contribution in [-0.2, 0) is 9.53 Å². The predicted molar refractivity (Wildman–Crippen MR) is 104 cm³/mol. The molecule has 0 unspecified atom stereocenters. The number of carbonyl (C=O) groups is 2. The second kappa shape index (κ2) is 8.18. The van der Waals surface area contributed by atoms with Crippen molar-refractivity contribution in [3.8, 4) is 0 Å². The van der Waals surface area contributed by atoms with Crippen molar-refractivity contribution in [3.63, 3.8) is 0 Å². The van der Waals surface area contributed by atoms with Crippen LogP contribution in [-0.4, -0.2) is 53.6 Å². The first-order valence-electron chi connectivity index (χ1n) is 10.2. The number of carbonyl (C=O) groups excluding carboxylic acids is 2.